The molecule has 0 bridgehead atoms. The molecule has 6 nitrogen and oxygen atoms in total. The molecule has 0 spiro atoms. The van der Waals surface area contributed by atoms with Gasteiger partial charge in [-0.1, -0.05) is 0 Å². The van der Waals surface area contributed by atoms with Crippen molar-refractivity contribution in [3.8, 4) is 5.75 Å². The molecule has 0 unspecified atom stereocenters. The molecule has 2 rings (SSSR count). The third-order valence-corrected chi connectivity index (χ3v) is 2.23. The van der Waals surface area contributed by atoms with E-state index < -0.39 is 0 Å². The van der Waals surface area contributed by atoms with Gasteiger partial charge < -0.3 is 15.5 Å². The molecule has 1 amide bonds. The fraction of sp³-hybridized carbons (Fsp3) is 0.167. The Hall–Kier alpha value is -2.50. The van der Waals surface area contributed by atoms with Gasteiger partial charge in [-0.2, -0.15) is 0 Å². The first-order valence-corrected chi connectivity index (χ1v) is 5.51. The predicted octanol–water partition coefficient (Wildman–Crippen LogP) is 1.40. The average molecular weight is 246 g/mol. The van der Waals surface area contributed by atoms with Crippen molar-refractivity contribution in [3.05, 3.63) is 36.7 Å². The molecule has 18 heavy (non-hydrogen) atoms. The lowest BCUT2D eigenvalue weighted by Gasteiger charge is -2.06. The Labute approximate surface area is 104 Å². The van der Waals surface area contributed by atoms with Crippen molar-refractivity contribution in [2.45, 2.75) is 6.42 Å². The molecule has 6 heteroatoms. The van der Waals surface area contributed by atoms with Crippen LogP contribution in [0.3, 0.4) is 0 Å². The van der Waals surface area contributed by atoms with Gasteiger partial charge in [0.05, 0.1) is 13.0 Å². The molecular weight excluding hydrogens is 232 g/mol. The van der Waals surface area contributed by atoms with E-state index in [1.807, 2.05) is 0 Å². The van der Waals surface area contributed by atoms with Crippen LogP contribution in [0, 0.1) is 0 Å². The number of aromatic nitrogens is 2. The van der Waals surface area contributed by atoms with Crippen molar-refractivity contribution in [1.29, 1.82) is 0 Å². The minimum atomic E-state index is -0.152. The lowest BCUT2D eigenvalue weighted by Crippen LogP contribution is -2.15. The highest BCUT2D eigenvalue weighted by Gasteiger charge is 2.03. The molecule has 0 radical (unpaired) electrons. The number of aromatic amines is 1. The normalized spacial score (nSPS) is 10.0. The highest BCUT2D eigenvalue weighted by Crippen LogP contribution is 2.13. The fourth-order valence-electron chi connectivity index (χ4n) is 1.35. The van der Waals surface area contributed by atoms with Gasteiger partial charge in [-0.3, -0.25) is 10.1 Å². The summed E-state index contributed by atoms with van der Waals surface area (Å²) in [4.78, 5) is 18.2. The zero-order chi connectivity index (χ0) is 12.8. The number of nitrogens with zero attached hydrogens (tertiary/aromatic N) is 1. The summed E-state index contributed by atoms with van der Waals surface area (Å²) in [6, 6.07) is 7.02. The summed E-state index contributed by atoms with van der Waals surface area (Å²) in [5.41, 5.74) is 6.23. The van der Waals surface area contributed by atoms with E-state index in [0.29, 0.717) is 24.0 Å². The predicted molar refractivity (Wildman–Crippen MR) is 68.2 cm³/mol. The Kier molecular flexibility index (Phi) is 3.80. The van der Waals surface area contributed by atoms with Crippen molar-refractivity contribution in [2.24, 2.45) is 0 Å². The number of H-pyrrole nitrogens is 1. The highest BCUT2D eigenvalue weighted by atomic mass is 16.5. The monoisotopic (exact) mass is 246 g/mol. The van der Waals surface area contributed by atoms with Crippen molar-refractivity contribution < 1.29 is 9.53 Å². The molecule has 1 aromatic heterocycles. The fourth-order valence-corrected chi connectivity index (χ4v) is 1.35. The van der Waals surface area contributed by atoms with Crippen LogP contribution in [0.5, 0.6) is 5.75 Å². The summed E-state index contributed by atoms with van der Waals surface area (Å²) in [6.07, 6.45) is 3.46. The summed E-state index contributed by atoms with van der Waals surface area (Å²) in [5, 5.41) is 2.61. The van der Waals surface area contributed by atoms with Gasteiger partial charge in [-0.05, 0) is 24.3 Å². The van der Waals surface area contributed by atoms with Crippen LogP contribution in [0.15, 0.2) is 36.7 Å². The molecule has 1 aromatic carbocycles. The number of nitrogens with one attached hydrogen (secondary N) is 2. The van der Waals surface area contributed by atoms with E-state index in [2.05, 4.69) is 15.3 Å². The van der Waals surface area contributed by atoms with Gasteiger partial charge in [0.1, 0.15) is 5.75 Å². The van der Waals surface area contributed by atoms with Gasteiger partial charge in [0.15, 0.2) is 0 Å². The molecule has 0 aliphatic heterocycles. The molecule has 4 N–H and O–H groups in total. The van der Waals surface area contributed by atoms with Crippen molar-refractivity contribution >= 4 is 17.5 Å². The maximum absolute atomic E-state index is 11.5. The summed E-state index contributed by atoms with van der Waals surface area (Å²) in [5.74, 6) is 0.975. The van der Waals surface area contributed by atoms with Crippen LogP contribution >= 0.6 is 0 Å². The van der Waals surface area contributed by atoms with Crippen molar-refractivity contribution in [3.63, 3.8) is 0 Å². The van der Waals surface area contributed by atoms with Crippen LogP contribution in [-0.2, 0) is 4.79 Å². The number of carbonyl (C=O) groups is 1. The van der Waals surface area contributed by atoms with Gasteiger partial charge in [0.2, 0.25) is 11.9 Å². The molecule has 0 saturated heterocycles. The van der Waals surface area contributed by atoms with Crippen molar-refractivity contribution in [1.82, 2.24) is 9.97 Å². The van der Waals surface area contributed by atoms with Crippen LogP contribution in [-0.4, -0.2) is 22.5 Å². The van der Waals surface area contributed by atoms with Gasteiger partial charge in [-0.25, -0.2) is 4.98 Å². The summed E-state index contributed by atoms with van der Waals surface area (Å²) in [6.45, 7) is 0.302. The van der Waals surface area contributed by atoms with E-state index in [0.717, 1.165) is 0 Å². The molecular formula is C12H14N4O2. The lowest BCUT2D eigenvalue weighted by molar-refractivity contribution is -0.116. The molecule has 1 heterocycles. The summed E-state index contributed by atoms with van der Waals surface area (Å²) < 4.78 is 5.40. The van der Waals surface area contributed by atoms with E-state index in [-0.39, 0.29) is 12.3 Å². The lowest BCUT2D eigenvalue weighted by atomic mass is 10.3. The maximum atomic E-state index is 11.5. The third-order valence-electron chi connectivity index (χ3n) is 2.23. The minimum Gasteiger partial charge on any atom is -0.493 e. The number of imidazole rings is 1. The Morgan fingerprint density at radius 3 is 2.83 bits per heavy atom. The number of amides is 1. The molecule has 0 fully saturated rings. The number of nitrogens with two attached hydrogens (primary N) is 1. The molecule has 2 aromatic rings. The summed E-state index contributed by atoms with van der Waals surface area (Å²) >= 11 is 0. The van der Waals surface area contributed by atoms with Gasteiger partial charge in [0.25, 0.3) is 0 Å². The third kappa shape index (κ3) is 3.51. The second kappa shape index (κ2) is 5.72. The molecule has 0 aliphatic carbocycles. The first-order valence-electron chi connectivity index (χ1n) is 5.51. The number of carbonyl (C=O) groups excluding carboxylic acids is 1. The largest absolute Gasteiger partial charge is 0.493 e. The maximum Gasteiger partial charge on any atom is 0.230 e. The SMILES string of the molecule is Nc1ccc(OCCC(=O)Nc2ncc[nH]2)cc1. The number of ether oxygens (including phenoxy) is 1. The number of rotatable bonds is 5. The van der Waals surface area contributed by atoms with Crippen LogP contribution in [0.2, 0.25) is 0 Å². The van der Waals surface area contributed by atoms with Gasteiger partial charge >= 0.3 is 0 Å². The van der Waals surface area contributed by atoms with Gasteiger partial charge in [-0.15, -0.1) is 0 Å². The van der Waals surface area contributed by atoms with Gasteiger partial charge in [0, 0.05) is 18.1 Å². The first-order chi connectivity index (χ1) is 8.74. The van der Waals surface area contributed by atoms with Crippen LogP contribution in [0.4, 0.5) is 11.6 Å². The number of anilines is 2. The van der Waals surface area contributed by atoms with Crippen molar-refractivity contribution in [2.75, 3.05) is 17.7 Å². The highest BCUT2D eigenvalue weighted by molar-refractivity contribution is 5.88. The van der Waals surface area contributed by atoms with E-state index in [4.69, 9.17) is 10.5 Å². The molecule has 0 saturated carbocycles. The zero-order valence-electron chi connectivity index (χ0n) is 9.72. The second-order valence-corrected chi connectivity index (χ2v) is 3.65. The van der Waals surface area contributed by atoms with E-state index >= 15 is 0 Å². The molecule has 94 valence electrons. The van der Waals surface area contributed by atoms with E-state index in [1.165, 1.54) is 0 Å². The zero-order valence-corrected chi connectivity index (χ0v) is 9.72. The Morgan fingerprint density at radius 1 is 1.39 bits per heavy atom. The first kappa shape index (κ1) is 12.0. The number of nitrogen functional groups attached to an aromatic ring is 1. The molecule has 0 aliphatic rings. The smallest absolute Gasteiger partial charge is 0.230 e. The average Bonchev–Trinajstić information content (AvgIpc) is 2.84. The standard InChI is InChI=1S/C12H14N4O2/c13-9-1-3-10(4-2-9)18-8-5-11(17)16-12-14-6-7-15-12/h1-4,6-7H,5,8,13H2,(H2,14,15,16,17). The topological polar surface area (TPSA) is 93.0 Å². The second-order valence-electron chi connectivity index (χ2n) is 3.65. The Balaban J connectivity index is 1.72. The minimum absolute atomic E-state index is 0.152. The molecule has 0 atom stereocenters. The van der Waals surface area contributed by atoms with Crippen LogP contribution in [0.1, 0.15) is 6.42 Å². The van der Waals surface area contributed by atoms with Crippen LogP contribution in [0.25, 0.3) is 0 Å². The Morgan fingerprint density at radius 2 is 2.17 bits per heavy atom. The van der Waals surface area contributed by atoms with E-state index in [1.54, 1.807) is 36.7 Å². The number of hydrogen-bond donors (Lipinski definition) is 3. The summed E-state index contributed by atoms with van der Waals surface area (Å²) in [7, 11) is 0. The number of hydrogen-bond acceptors (Lipinski definition) is 4. The Bertz CT molecular complexity index is 493. The van der Waals surface area contributed by atoms with Crippen LogP contribution < -0.4 is 15.8 Å². The number of benzene rings is 1. The quantitative estimate of drug-likeness (QED) is 0.695. The van der Waals surface area contributed by atoms with E-state index in [9.17, 15) is 4.79 Å².